The Bertz CT molecular complexity index is 1180. The molecule has 3 rings (SSSR count). The van der Waals surface area contributed by atoms with Gasteiger partial charge in [-0.1, -0.05) is 37.6 Å². The quantitative estimate of drug-likeness (QED) is 0.452. The predicted octanol–water partition coefficient (Wildman–Crippen LogP) is 5.23. The third-order valence-corrected chi connectivity index (χ3v) is 6.57. The third-order valence-electron chi connectivity index (χ3n) is 6.34. The summed E-state index contributed by atoms with van der Waals surface area (Å²) >= 11 is 6.09. The number of carboxylic acids is 1. The lowest BCUT2D eigenvalue weighted by molar-refractivity contribution is -0.136. The second-order valence-corrected chi connectivity index (χ2v) is 10.0. The van der Waals surface area contributed by atoms with Crippen LogP contribution in [-0.2, 0) is 9.59 Å². The lowest BCUT2D eigenvalue weighted by Crippen LogP contribution is -2.46. The molecule has 2 N–H and O–H groups in total. The van der Waals surface area contributed by atoms with Gasteiger partial charge >= 0.3 is 5.97 Å². The van der Waals surface area contributed by atoms with E-state index < -0.39 is 23.5 Å². The fourth-order valence-corrected chi connectivity index (χ4v) is 4.48. The van der Waals surface area contributed by atoms with E-state index in [1.165, 1.54) is 18.2 Å². The van der Waals surface area contributed by atoms with Gasteiger partial charge in [-0.05, 0) is 68.5 Å². The number of hydrogen-bond donors (Lipinski definition) is 2. The molecule has 1 aliphatic rings. The minimum atomic E-state index is -0.991. The standard InChI is InChI=1S/C27H31ClFN3O4/c1-16(2)11-13-27(4)31-24(21-15-20(28)9-10-22(21)29)26(36)32(27)17(3)18-5-7-19(8-6-18)25(35)30-14-12-23(33)34/h5-10,15-17H,11-14H2,1-4H3,(H,30,35)(H,33,34). The zero-order chi connectivity index (χ0) is 26.6. The Morgan fingerprint density at radius 1 is 1.17 bits per heavy atom. The van der Waals surface area contributed by atoms with Crippen molar-refractivity contribution in [2.24, 2.45) is 10.9 Å². The third kappa shape index (κ3) is 6.10. The Kier molecular flexibility index (Phi) is 8.51. The predicted molar refractivity (Wildman–Crippen MR) is 137 cm³/mol. The van der Waals surface area contributed by atoms with Gasteiger partial charge in [0.1, 0.15) is 17.2 Å². The summed E-state index contributed by atoms with van der Waals surface area (Å²) in [6, 6.07) is 10.4. The number of benzene rings is 2. The molecule has 0 saturated carbocycles. The van der Waals surface area contributed by atoms with Crippen LogP contribution < -0.4 is 5.32 Å². The van der Waals surface area contributed by atoms with Crippen molar-refractivity contribution in [2.75, 3.05) is 6.54 Å². The second kappa shape index (κ2) is 11.2. The summed E-state index contributed by atoms with van der Waals surface area (Å²) < 4.78 is 14.7. The van der Waals surface area contributed by atoms with E-state index in [0.717, 1.165) is 12.0 Å². The van der Waals surface area contributed by atoms with Crippen LogP contribution >= 0.6 is 11.6 Å². The molecule has 2 atom stereocenters. The minimum Gasteiger partial charge on any atom is -0.481 e. The van der Waals surface area contributed by atoms with Crippen LogP contribution in [0.5, 0.6) is 0 Å². The summed E-state index contributed by atoms with van der Waals surface area (Å²) in [7, 11) is 0. The van der Waals surface area contributed by atoms with E-state index >= 15 is 0 Å². The van der Waals surface area contributed by atoms with Crippen molar-refractivity contribution >= 4 is 35.1 Å². The van der Waals surface area contributed by atoms with E-state index in [1.54, 1.807) is 29.2 Å². The lowest BCUT2D eigenvalue weighted by Gasteiger charge is -2.38. The Hall–Kier alpha value is -3.26. The summed E-state index contributed by atoms with van der Waals surface area (Å²) in [6.45, 7) is 7.97. The second-order valence-electron chi connectivity index (χ2n) is 9.61. The van der Waals surface area contributed by atoms with E-state index in [4.69, 9.17) is 21.7 Å². The number of nitrogens with zero attached hydrogens (tertiary/aromatic N) is 2. The van der Waals surface area contributed by atoms with Gasteiger partial charge in [-0.3, -0.25) is 19.4 Å². The van der Waals surface area contributed by atoms with Gasteiger partial charge in [-0.2, -0.15) is 0 Å². The van der Waals surface area contributed by atoms with Gasteiger partial charge in [0.25, 0.3) is 11.8 Å². The summed E-state index contributed by atoms with van der Waals surface area (Å²) in [5.41, 5.74) is 0.389. The van der Waals surface area contributed by atoms with Crippen molar-refractivity contribution < 1.29 is 23.9 Å². The summed E-state index contributed by atoms with van der Waals surface area (Å²) in [4.78, 5) is 43.0. The van der Waals surface area contributed by atoms with Gasteiger partial charge in [0, 0.05) is 22.7 Å². The molecule has 2 unspecified atom stereocenters. The molecule has 192 valence electrons. The van der Waals surface area contributed by atoms with Crippen molar-refractivity contribution in [1.82, 2.24) is 10.2 Å². The number of amides is 2. The molecule has 2 aromatic rings. The highest BCUT2D eigenvalue weighted by Gasteiger charge is 2.46. The highest BCUT2D eigenvalue weighted by molar-refractivity contribution is 6.47. The number of carboxylic acid groups (broad SMARTS) is 1. The van der Waals surface area contributed by atoms with Crippen LogP contribution in [0.15, 0.2) is 47.5 Å². The summed E-state index contributed by atoms with van der Waals surface area (Å²) in [6.07, 6.45) is 1.25. The fraction of sp³-hybridized carbons (Fsp3) is 0.407. The molecule has 0 fully saturated rings. The van der Waals surface area contributed by atoms with E-state index in [2.05, 4.69) is 19.2 Å². The minimum absolute atomic E-state index is 0.0307. The molecule has 1 aliphatic heterocycles. The molecule has 0 aliphatic carbocycles. The van der Waals surface area contributed by atoms with Crippen LogP contribution in [0.2, 0.25) is 5.02 Å². The summed E-state index contributed by atoms with van der Waals surface area (Å²) in [5, 5.41) is 11.6. The number of aliphatic carboxylic acids is 1. The van der Waals surface area contributed by atoms with E-state index in [9.17, 15) is 18.8 Å². The molecular formula is C27H31ClFN3O4. The molecule has 0 saturated heterocycles. The van der Waals surface area contributed by atoms with Crippen molar-refractivity contribution in [2.45, 2.75) is 58.7 Å². The normalized spacial score (nSPS) is 18.4. The van der Waals surface area contributed by atoms with Crippen LogP contribution in [0.4, 0.5) is 4.39 Å². The maximum absolute atomic E-state index is 14.7. The number of carbonyl (C=O) groups is 3. The van der Waals surface area contributed by atoms with Gasteiger partial charge in [0.2, 0.25) is 0 Å². The van der Waals surface area contributed by atoms with Crippen LogP contribution in [0.25, 0.3) is 0 Å². The monoisotopic (exact) mass is 515 g/mol. The highest BCUT2D eigenvalue weighted by Crippen LogP contribution is 2.39. The average Bonchev–Trinajstić information content (AvgIpc) is 3.09. The van der Waals surface area contributed by atoms with Crippen molar-refractivity contribution in [1.29, 1.82) is 0 Å². The molecule has 0 spiro atoms. The first-order valence-corrected chi connectivity index (χ1v) is 12.3. The van der Waals surface area contributed by atoms with Crippen molar-refractivity contribution in [3.63, 3.8) is 0 Å². The van der Waals surface area contributed by atoms with Crippen molar-refractivity contribution in [3.05, 3.63) is 70.0 Å². The maximum atomic E-state index is 14.7. The largest absolute Gasteiger partial charge is 0.481 e. The van der Waals surface area contributed by atoms with Crippen molar-refractivity contribution in [3.8, 4) is 0 Å². The molecule has 1 heterocycles. The number of nitrogens with one attached hydrogen (secondary N) is 1. The molecule has 2 amide bonds. The topological polar surface area (TPSA) is 99.1 Å². The molecule has 2 aromatic carbocycles. The average molecular weight is 516 g/mol. The fourth-order valence-electron chi connectivity index (χ4n) is 4.31. The Balaban J connectivity index is 1.89. The Morgan fingerprint density at radius 2 is 1.83 bits per heavy atom. The number of rotatable bonds is 10. The SMILES string of the molecule is CC(C)CCC1(C)N=C(c2cc(Cl)ccc2F)C(=O)N1C(C)c1ccc(C(=O)NCCC(=O)O)cc1. The van der Waals surface area contributed by atoms with E-state index in [0.29, 0.717) is 22.9 Å². The van der Waals surface area contributed by atoms with Gasteiger partial charge in [0.05, 0.1) is 12.5 Å². The van der Waals surface area contributed by atoms with Crippen LogP contribution in [0.1, 0.15) is 74.5 Å². The molecule has 9 heteroatoms. The maximum Gasteiger partial charge on any atom is 0.305 e. The van der Waals surface area contributed by atoms with Gasteiger partial charge in [-0.25, -0.2) is 4.39 Å². The molecule has 0 radical (unpaired) electrons. The first-order chi connectivity index (χ1) is 16.9. The number of aliphatic imine (C=N–C) groups is 1. The zero-order valence-corrected chi connectivity index (χ0v) is 21.6. The van der Waals surface area contributed by atoms with E-state index in [1.807, 2.05) is 13.8 Å². The lowest BCUT2D eigenvalue weighted by atomic mass is 9.95. The molecular weight excluding hydrogens is 485 g/mol. The number of carbonyl (C=O) groups excluding carboxylic acids is 2. The number of halogens is 2. The number of hydrogen-bond acceptors (Lipinski definition) is 4. The van der Waals surface area contributed by atoms with Crippen LogP contribution in [0, 0.1) is 11.7 Å². The highest BCUT2D eigenvalue weighted by atomic mass is 35.5. The first-order valence-electron chi connectivity index (χ1n) is 11.9. The van der Waals surface area contributed by atoms with Crippen LogP contribution in [-0.4, -0.2) is 45.7 Å². The van der Waals surface area contributed by atoms with Gasteiger partial charge in [-0.15, -0.1) is 0 Å². The molecule has 0 bridgehead atoms. The van der Waals surface area contributed by atoms with Crippen LogP contribution in [0.3, 0.4) is 0 Å². The smallest absolute Gasteiger partial charge is 0.305 e. The molecule has 0 aromatic heterocycles. The Morgan fingerprint density at radius 3 is 2.44 bits per heavy atom. The van der Waals surface area contributed by atoms with Gasteiger partial charge < -0.3 is 15.3 Å². The van der Waals surface area contributed by atoms with E-state index in [-0.39, 0.29) is 36.1 Å². The Labute approximate surface area is 215 Å². The molecule has 36 heavy (non-hydrogen) atoms. The first kappa shape index (κ1) is 27.3. The zero-order valence-electron chi connectivity index (χ0n) is 20.8. The van der Waals surface area contributed by atoms with Gasteiger partial charge in [0.15, 0.2) is 0 Å². The molecule has 7 nitrogen and oxygen atoms in total. The summed E-state index contributed by atoms with van der Waals surface area (Å²) in [5.74, 6) is -1.93.